The quantitative estimate of drug-likeness (QED) is 0.868. The monoisotopic (exact) mass is 286 g/mol. The molecule has 1 unspecified atom stereocenters. The highest BCUT2D eigenvalue weighted by Gasteiger charge is 2.30. The number of amides is 1. The van der Waals surface area contributed by atoms with Gasteiger partial charge in [0.15, 0.2) is 0 Å². The van der Waals surface area contributed by atoms with Crippen molar-refractivity contribution in [2.45, 2.75) is 18.8 Å². The molecule has 1 amide bonds. The third kappa shape index (κ3) is 2.95. The van der Waals surface area contributed by atoms with Gasteiger partial charge in [-0.1, -0.05) is 24.3 Å². The smallest absolute Gasteiger partial charge is 0.230 e. The van der Waals surface area contributed by atoms with Crippen LogP contribution < -0.4 is 5.32 Å². The normalized spacial score (nSPS) is 21.3. The van der Waals surface area contributed by atoms with Gasteiger partial charge in [-0.05, 0) is 30.0 Å². The molecule has 4 nitrogen and oxygen atoms in total. The van der Waals surface area contributed by atoms with Crippen molar-refractivity contribution in [3.8, 4) is 0 Å². The van der Waals surface area contributed by atoms with Crippen LogP contribution in [0, 0.1) is 0 Å². The Bertz CT molecular complexity index is 553. The van der Waals surface area contributed by atoms with Crippen LogP contribution in [0.2, 0.25) is 0 Å². The number of carbonyl (C=O) groups excluding carboxylic acids is 1. The third-order valence-electron chi connectivity index (χ3n) is 4.33. The average molecular weight is 286 g/mol. The topological polar surface area (TPSA) is 41.6 Å². The highest BCUT2D eigenvalue weighted by Crippen LogP contribution is 2.33. The van der Waals surface area contributed by atoms with Crippen LogP contribution in [0.25, 0.3) is 0 Å². The Labute approximate surface area is 125 Å². The second-order valence-corrected chi connectivity index (χ2v) is 5.68. The molecule has 0 saturated carbocycles. The number of para-hydroxylation sites is 1. The second kappa shape index (κ2) is 6.31. The molecule has 21 heavy (non-hydrogen) atoms. The fourth-order valence-corrected chi connectivity index (χ4v) is 3.17. The summed E-state index contributed by atoms with van der Waals surface area (Å²) in [6, 6.07) is 8.15. The molecule has 2 aliphatic heterocycles. The Kier molecular flexibility index (Phi) is 4.25. The molecular weight excluding hydrogens is 264 g/mol. The van der Waals surface area contributed by atoms with E-state index in [9.17, 15) is 4.79 Å². The third-order valence-corrected chi connectivity index (χ3v) is 4.33. The molecule has 3 rings (SSSR count). The van der Waals surface area contributed by atoms with Crippen LogP contribution in [0.5, 0.6) is 0 Å². The minimum atomic E-state index is -0.000162. The van der Waals surface area contributed by atoms with Crippen LogP contribution >= 0.6 is 0 Å². The van der Waals surface area contributed by atoms with Gasteiger partial charge in [-0.25, -0.2) is 0 Å². The predicted octanol–water partition coefficient (Wildman–Crippen LogP) is 2.39. The molecule has 0 radical (unpaired) electrons. The number of benzene rings is 1. The zero-order valence-corrected chi connectivity index (χ0v) is 12.5. The first-order valence-electron chi connectivity index (χ1n) is 7.58. The second-order valence-electron chi connectivity index (χ2n) is 5.68. The van der Waals surface area contributed by atoms with Gasteiger partial charge < -0.3 is 15.0 Å². The Hall–Kier alpha value is -1.81. The molecule has 4 heteroatoms. The van der Waals surface area contributed by atoms with Crippen LogP contribution in [0.3, 0.4) is 0 Å². The summed E-state index contributed by atoms with van der Waals surface area (Å²) in [7, 11) is 1.71. The molecule has 0 aliphatic carbocycles. The van der Waals surface area contributed by atoms with Gasteiger partial charge in [0, 0.05) is 32.4 Å². The summed E-state index contributed by atoms with van der Waals surface area (Å²) < 4.78 is 5.16. The largest absolute Gasteiger partial charge is 0.385 e. The molecular formula is C17H22N2O2. The van der Waals surface area contributed by atoms with Gasteiger partial charge in [-0.15, -0.1) is 0 Å². The first-order chi connectivity index (χ1) is 10.3. The van der Waals surface area contributed by atoms with E-state index in [1.165, 1.54) is 5.57 Å². The van der Waals surface area contributed by atoms with Gasteiger partial charge >= 0.3 is 0 Å². The Morgan fingerprint density at radius 1 is 1.43 bits per heavy atom. The van der Waals surface area contributed by atoms with E-state index in [4.69, 9.17) is 4.74 Å². The van der Waals surface area contributed by atoms with Gasteiger partial charge in [0.05, 0.1) is 12.5 Å². The number of fused-ring (bicyclic) bond motifs is 1. The number of rotatable bonds is 3. The Morgan fingerprint density at radius 2 is 2.29 bits per heavy atom. The van der Waals surface area contributed by atoms with Crippen LogP contribution in [0.15, 0.2) is 35.9 Å². The lowest BCUT2D eigenvalue weighted by Gasteiger charge is -2.33. The van der Waals surface area contributed by atoms with E-state index >= 15 is 0 Å². The van der Waals surface area contributed by atoms with E-state index in [1.54, 1.807) is 7.11 Å². The molecule has 2 aliphatic rings. The standard InChI is InChI=1S/C17H22N2O2/c1-21-12-13-7-10-19(11-8-13)17(20)15-6-9-18-16-5-3-2-4-14(15)16/h2-5,7,15,18H,6,8-12H2,1H3. The van der Waals surface area contributed by atoms with E-state index in [2.05, 4.69) is 23.5 Å². The van der Waals surface area contributed by atoms with E-state index in [1.807, 2.05) is 17.0 Å². The Morgan fingerprint density at radius 3 is 3.05 bits per heavy atom. The van der Waals surface area contributed by atoms with Crippen LogP contribution in [0.1, 0.15) is 24.3 Å². The average Bonchev–Trinajstić information content (AvgIpc) is 2.55. The molecule has 1 aromatic carbocycles. The van der Waals surface area contributed by atoms with Crippen molar-refractivity contribution in [3.05, 3.63) is 41.5 Å². The van der Waals surface area contributed by atoms with Gasteiger partial charge in [-0.2, -0.15) is 0 Å². The summed E-state index contributed by atoms with van der Waals surface area (Å²) in [5, 5.41) is 3.37. The molecule has 1 atom stereocenters. The first-order valence-corrected chi connectivity index (χ1v) is 7.58. The number of hydrogen-bond donors (Lipinski definition) is 1. The fraction of sp³-hybridized carbons (Fsp3) is 0.471. The maximum Gasteiger partial charge on any atom is 0.230 e. The van der Waals surface area contributed by atoms with Crippen molar-refractivity contribution < 1.29 is 9.53 Å². The highest BCUT2D eigenvalue weighted by atomic mass is 16.5. The SMILES string of the molecule is COCC1=CCN(C(=O)C2CCNc3ccccc32)CC1. The number of carbonyl (C=O) groups is 1. The summed E-state index contributed by atoms with van der Waals surface area (Å²) in [6.45, 7) is 3.06. The van der Waals surface area contributed by atoms with Gasteiger partial charge in [0.1, 0.15) is 0 Å². The van der Waals surface area contributed by atoms with E-state index in [0.717, 1.165) is 37.2 Å². The summed E-state index contributed by atoms with van der Waals surface area (Å²) in [4.78, 5) is 14.8. The number of anilines is 1. The van der Waals surface area contributed by atoms with E-state index in [-0.39, 0.29) is 11.8 Å². The summed E-state index contributed by atoms with van der Waals surface area (Å²) >= 11 is 0. The van der Waals surface area contributed by atoms with Crippen LogP contribution in [0.4, 0.5) is 5.69 Å². The molecule has 1 aromatic rings. The van der Waals surface area contributed by atoms with Crippen molar-refractivity contribution in [3.63, 3.8) is 0 Å². The zero-order chi connectivity index (χ0) is 14.7. The number of hydrogen-bond acceptors (Lipinski definition) is 3. The molecule has 0 aromatic heterocycles. The van der Waals surface area contributed by atoms with Gasteiger partial charge in [0.25, 0.3) is 0 Å². The van der Waals surface area contributed by atoms with E-state index in [0.29, 0.717) is 13.2 Å². The molecule has 0 bridgehead atoms. The maximum atomic E-state index is 12.8. The molecule has 0 fully saturated rings. The number of methoxy groups -OCH3 is 1. The van der Waals surface area contributed by atoms with Crippen molar-refractivity contribution in [1.29, 1.82) is 0 Å². The first kappa shape index (κ1) is 14.1. The number of nitrogens with one attached hydrogen (secondary N) is 1. The van der Waals surface area contributed by atoms with Crippen molar-refractivity contribution in [2.75, 3.05) is 38.7 Å². The lowest BCUT2D eigenvalue weighted by molar-refractivity contribution is -0.132. The zero-order valence-electron chi connectivity index (χ0n) is 12.5. The summed E-state index contributed by atoms with van der Waals surface area (Å²) in [6.07, 6.45) is 3.94. The molecule has 0 spiro atoms. The summed E-state index contributed by atoms with van der Waals surface area (Å²) in [5.74, 6) is 0.261. The van der Waals surface area contributed by atoms with Crippen molar-refractivity contribution >= 4 is 11.6 Å². The van der Waals surface area contributed by atoms with Gasteiger partial charge in [-0.3, -0.25) is 4.79 Å². The van der Waals surface area contributed by atoms with Crippen LogP contribution in [-0.2, 0) is 9.53 Å². The van der Waals surface area contributed by atoms with Crippen molar-refractivity contribution in [1.82, 2.24) is 4.90 Å². The van der Waals surface area contributed by atoms with Crippen LogP contribution in [-0.4, -0.2) is 44.2 Å². The van der Waals surface area contributed by atoms with Crippen molar-refractivity contribution in [2.24, 2.45) is 0 Å². The number of nitrogens with zero attached hydrogens (tertiary/aromatic N) is 1. The molecule has 0 saturated heterocycles. The lowest BCUT2D eigenvalue weighted by Crippen LogP contribution is -2.40. The molecule has 112 valence electrons. The Balaban J connectivity index is 1.73. The fourth-order valence-electron chi connectivity index (χ4n) is 3.17. The minimum Gasteiger partial charge on any atom is -0.385 e. The summed E-state index contributed by atoms with van der Waals surface area (Å²) in [5.41, 5.74) is 3.54. The number of ether oxygens (including phenoxy) is 1. The lowest BCUT2D eigenvalue weighted by atomic mass is 9.89. The maximum absolute atomic E-state index is 12.8. The highest BCUT2D eigenvalue weighted by molar-refractivity contribution is 5.86. The minimum absolute atomic E-state index is 0.000162. The van der Waals surface area contributed by atoms with Gasteiger partial charge in [0.2, 0.25) is 5.91 Å². The molecule has 1 N–H and O–H groups in total. The molecule has 2 heterocycles. The predicted molar refractivity (Wildman–Crippen MR) is 83.4 cm³/mol. The van der Waals surface area contributed by atoms with E-state index < -0.39 is 0 Å².